The molecule has 1 rings (SSSR count). The molecule has 156 valence electrons. The monoisotopic (exact) mass is 378 g/mol. The third kappa shape index (κ3) is 11.5. The van der Waals surface area contributed by atoms with Crippen LogP contribution in [0.3, 0.4) is 0 Å². The van der Waals surface area contributed by atoms with Crippen molar-refractivity contribution in [2.24, 2.45) is 0 Å². The largest absolute Gasteiger partial charge is 0.351 e. The van der Waals surface area contributed by atoms with Gasteiger partial charge in [-0.1, -0.05) is 88.6 Å². The van der Waals surface area contributed by atoms with Gasteiger partial charge in [0.05, 0.1) is 13.6 Å². The zero-order chi connectivity index (χ0) is 19.8. The van der Waals surface area contributed by atoms with Gasteiger partial charge < -0.3 is 14.0 Å². The maximum atomic E-state index is 5.49. The fraction of sp³-hybridized carbons (Fsp3) is 0.750. The predicted molar refractivity (Wildman–Crippen MR) is 116 cm³/mol. The second-order valence-corrected chi connectivity index (χ2v) is 8.25. The molecular formula is C24H44NO2+. The number of hydrogen-bond donors (Lipinski definition) is 0. The van der Waals surface area contributed by atoms with Gasteiger partial charge in [-0.15, -0.1) is 0 Å². The molecule has 0 aliphatic carbocycles. The number of nitrogens with zero attached hydrogens (tertiary/aromatic N) is 1. The van der Waals surface area contributed by atoms with Crippen molar-refractivity contribution >= 4 is 0 Å². The van der Waals surface area contributed by atoms with E-state index < -0.39 is 0 Å². The molecule has 1 atom stereocenters. The van der Waals surface area contributed by atoms with Gasteiger partial charge in [0.25, 0.3) is 0 Å². The second-order valence-electron chi connectivity index (χ2n) is 8.25. The molecule has 1 aromatic rings. The standard InChI is InChI=1S/C24H44NO2/c1-5-6-7-8-9-10-11-12-13-17-20-25(2,22-24(26-3)27-4)21-23-18-15-14-16-19-23/h14-16,18-19,24H,5-13,17,20-22H2,1-4H3/q+1. The maximum absolute atomic E-state index is 5.49. The summed E-state index contributed by atoms with van der Waals surface area (Å²) >= 11 is 0. The van der Waals surface area contributed by atoms with Gasteiger partial charge in [0, 0.05) is 19.8 Å². The first kappa shape index (κ1) is 24.1. The molecule has 0 saturated carbocycles. The third-order valence-corrected chi connectivity index (χ3v) is 5.57. The van der Waals surface area contributed by atoms with Crippen LogP contribution < -0.4 is 0 Å². The number of likely N-dealkylation sites (N-methyl/N-ethyl adjacent to an activating group) is 1. The van der Waals surface area contributed by atoms with Crippen LogP contribution in [-0.2, 0) is 16.0 Å². The van der Waals surface area contributed by atoms with Crippen molar-refractivity contribution in [3.63, 3.8) is 0 Å². The van der Waals surface area contributed by atoms with E-state index in [2.05, 4.69) is 44.3 Å². The molecule has 1 unspecified atom stereocenters. The van der Waals surface area contributed by atoms with Crippen molar-refractivity contribution in [2.45, 2.75) is 84.0 Å². The molecule has 0 bridgehead atoms. The van der Waals surface area contributed by atoms with E-state index in [-0.39, 0.29) is 6.29 Å². The number of hydrogen-bond acceptors (Lipinski definition) is 2. The number of unbranched alkanes of at least 4 members (excludes halogenated alkanes) is 9. The van der Waals surface area contributed by atoms with Crippen molar-refractivity contribution < 1.29 is 14.0 Å². The van der Waals surface area contributed by atoms with E-state index in [0.717, 1.165) is 17.6 Å². The highest BCUT2D eigenvalue weighted by molar-refractivity contribution is 5.13. The van der Waals surface area contributed by atoms with Crippen LogP contribution in [0.4, 0.5) is 0 Å². The summed E-state index contributed by atoms with van der Waals surface area (Å²) in [6.07, 6.45) is 13.7. The number of quaternary nitrogens is 1. The smallest absolute Gasteiger partial charge is 0.207 e. The van der Waals surface area contributed by atoms with E-state index in [1.807, 2.05) is 0 Å². The lowest BCUT2D eigenvalue weighted by Gasteiger charge is -2.36. The SMILES string of the molecule is CCCCCCCCCCCC[N+](C)(Cc1ccccc1)CC(OC)OC. The summed E-state index contributed by atoms with van der Waals surface area (Å²) in [6, 6.07) is 10.8. The summed E-state index contributed by atoms with van der Waals surface area (Å²) in [5.74, 6) is 0. The van der Waals surface area contributed by atoms with Crippen LogP contribution in [0.25, 0.3) is 0 Å². The Morgan fingerprint density at radius 1 is 0.778 bits per heavy atom. The minimum atomic E-state index is -0.137. The zero-order valence-corrected chi connectivity index (χ0v) is 18.4. The summed E-state index contributed by atoms with van der Waals surface area (Å²) in [6.45, 7) is 5.38. The Kier molecular flexibility index (Phi) is 13.5. The van der Waals surface area contributed by atoms with Crippen molar-refractivity contribution in [1.29, 1.82) is 0 Å². The average Bonchev–Trinajstić information content (AvgIpc) is 2.68. The van der Waals surface area contributed by atoms with Gasteiger partial charge in [0.15, 0.2) is 0 Å². The molecule has 0 N–H and O–H groups in total. The van der Waals surface area contributed by atoms with Crippen molar-refractivity contribution in [1.82, 2.24) is 0 Å². The molecule has 0 fully saturated rings. The molecule has 0 radical (unpaired) electrons. The molecule has 0 aliphatic rings. The molecule has 0 aliphatic heterocycles. The van der Waals surface area contributed by atoms with E-state index in [9.17, 15) is 0 Å². The average molecular weight is 379 g/mol. The lowest BCUT2D eigenvalue weighted by atomic mass is 10.1. The summed E-state index contributed by atoms with van der Waals surface area (Å²) in [7, 11) is 5.81. The highest BCUT2D eigenvalue weighted by Crippen LogP contribution is 2.17. The van der Waals surface area contributed by atoms with Crippen LogP contribution in [0.15, 0.2) is 30.3 Å². The molecule has 27 heavy (non-hydrogen) atoms. The minimum absolute atomic E-state index is 0.137. The van der Waals surface area contributed by atoms with Gasteiger partial charge in [-0.2, -0.15) is 0 Å². The molecule has 1 aromatic carbocycles. The summed E-state index contributed by atoms with van der Waals surface area (Å²) in [4.78, 5) is 0. The minimum Gasteiger partial charge on any atom is -0.351 e. The Morgan fingerprint density at radius 2 is 1.30 bits per heavy atom. The maximum Gasteiger partial charge on any atom is 0.207 e. The van der Waals surface area contributed by atoms with Gasteiger partial charge >= 0.3 is 0 Å². The quantitative estimate of drug-likeness (QED) is 0.183. The van der Waals surface area contributed by atoms with Gasteiger partial charge in [0.2, 0.25) is 6.29 Å². The molecule has 0 saturated heterocycles. The van der Waals surface area contributed by atoms with Gasteiger partial charge in [0.1, 0.15) is 13.1 Å². The topological polar surface area (TPSA) is 18.5 Å². The van der Waals surface area contributed by atoms with Crippen molar-refractivity contribution in [3.8, 4) is 0 Å². The molecule has 0 aromatic heterocycles. The van der Waals surface area contributed by atoms with E-state index in [1.165, 1.54) is 76.3 Å². The first-order chi connectivity index (χ1) is 13.1. The van der Waals surface area contributed by atoms with Crippen LogP contribution in [0.5, 0.6) is 0 Å². The van der Waals surface area contributed by atoms with Crippen LogP contribution in [-0.4, -0.2) is 45.1 Å². The molecule has 0 heterocycles. The Labute approximate surface area is 168 Å². The Balaban J connectivity index is 2.34. The lowest BCUT2D eigenvalue weighted by Crippen LogP contribution is -2.49. The summed E-state index contributed by atoms with van der Waals surface area (Å²) in [5, 5.41) is 0. The second kappa shape index (κ2) is 15.1. The van der Waals surface area contributed by atoms with E-state index >= 15 is 0 Å². The Hall–Kier alpha value is -0.900. The van der Waals surface area contributed by atoms with Gasteiger partial charge in [-0.05, 0) is 12.8 Å². The first-order valence-corrected chi connectivity index (χ1v) is 11.1. The van der Waals surface area contributed by atoms with Crippen LogP contribution in [0.1, 0.15) is 76.7 Å². The van der Waals surface area contributed by atoms with E-state index in [1.54, 1.807) is 14.2 Å². The predicted octanol–water partition coefficient (Wildman–Crippen LogP) is 6.17. The highest BCUT2D eigenvalue weighted by Gasteiger charge is 2.26. The number of benzene rings is 1. The molecule has 0 amide bonds. The fourth-order valence-corrected chi connectivity index (χ4v) is 3.85. The summed E-state index contributed by atoms with van der Waals surface area (Å²) in [5.41, 5.74) is 1.39. The number of rotatable bonds is 17. The van der Waals surface area contributed by atoms with E-state index in [4.69, 9.17) is 9.47 Å². The van der Waals surface area contributed by atoms with Crippen LogP contribution in [0, 0.1) is 0 Å². The zero-order valence-electron chi connectivity index (χ0n) is 18.4. The molecule has 3 heteroatoms. The van der Waals surface area contributed by atoms with Crippen LogP contribution in [0.2, 0.25) is 0 Å². The first-order valence-electron chi connectivity index (χ1n) is 11.1. The lowest BCUT2D eigenvalue weighted by molar-refractivity contribution is -0.928. The molecule has 3 nitrogen and oxygen atoms in total. The molecule has 0 spiro atoms. The highest BCUT2D eigenvalue weighted by atomic mass is 16.7. The molecular weight excluding hydrogens is 334 g/mol. The Morgan fingerprint density at radius 3 is 1.81 bits per heavy atom. The van der Waals surface area contributed by atoms with E-state index in [0.29, 0.717) is 0 Å². The normalized spacial score (nSPS) is 13.8. The van der Waals surface area contributed by atoms with Crippen LogP contribution >= 0.6 is 0 Å². The van der Waals surface area contributed by atoms with Crippen molar-refractivity contribution in [3.05, 3.63) is 35.9 Å². The van der Waals surface area contributed by atoms with Gasteiger partial charge in [-0.25, -0.2) is 0 Å². The van der Waals surface area contributed by atoms with Gasteiger partial charge in [-0.3, -0.25) is 0 Å². The Bertz CT molecular complexity index is 447. The third-order valence-electron chi connectivity index (χ3n) is 5.57. The summed E-state index contributed by atoms with van der Waals surface area (Å²) < 4.78 is 12.0. The number of ether oxygens (including phenoxy) is 2. The number of methoxy groups -OCH3 is 2. The van der Waals surface area contributed by atoms with Crippen molar-refractivity contribution in [2.75, 3.05) is 34.4 Å². The fourth-order valence-electron chi connectivity index (χ4n) is 3.85.